The van der Waals surface area contributed by atoms with Crippen LogP contribution in [0.1, 0.15) is 0 Å². The second-order valence-electron chi connectivity index (χ2n) is 2.07. The third kappa shape index (κ3) is 2.08. The molecule has 0 aliphatic carbocycles. The van der Waals surface area contributed by atoms with Crippen LogP contribution in [-0.2, 0) is 9.47 Å². The largest absolute Gasteiger partial charge is 0.430 e. The summed E-state index contributed by atoms with van der Waals surface area (Å²) in [4.78, 5) is 0. The molecule has 0 saturated heterocycles. The summed E-state index contributed by atoms with van der Waals surface area (Å²) >= 11 is 0. The van der Waals surface area contributed by atoms with E-state index in [2.05, 4.69) is 9.47 Å². The van der Waals surface area contributed by atoms with E-state index in [4.69, 9.17) is 0 Å². The van der Waals surface area contributed by atoms with Gasteiger partial charge in [0.25, 0.3) is 0 Å². The van der Waals surface area contributed by atoms with Crippen LogP contribution in [0.2, 0.25) is 0 Å². The summed E-state index contributed by atoms with van der Waals surface area (Å²) in [6.45, 7) is -2.33. The highest BCUT2D eigenvalue weighted by atomic mass is 19.4. The van der Waals surface area contributed by atoms with Crippen molar-refractivity contribution < 1.29 is 40.2 Å². The van der Waals surface area contributed by atoms with Crippen LogP contribution >= 0.6 is 0 Å². The average Bonchev–Trinajstić information content (AvgIpc) is 2.03. The number of hydrogen-bond acceptors (Lipinski definition) is 2. The molecule has 0 bridgehead atoms. The van der Waals surface area contributed by atoms with Crippen molar-refractivity contribution in [3.05, 3.63) is 0 Å². The van der Waals surface area contributed by atoms with Crippen molar-refractivity contribution in [1.29, 1.82) is 0 Å². The Morgan fingerprint density at radius 2 is 1.36 bits per heavy atom. The first-order valence-electron chi connectivity index (χ1n) is 3.01. The zero-order valence-electron chi connectivity index (χ0n) is 6.67. The number of hydrogen-bond donors (Lipinski definition) is 0. The number of alkyl halides is 7. The first-order chi connectivity index (χ1) is 6.12. The summed E-state index contributed by atoms with van der Waals surface area (Å²) in [5.74, 6) is -5.96. The summed E-state index contributed by atoms with van der Waals surface area (Å²) in [5, 5.41) is 0. The van der Waals surface area contributed by atoms with Gasteiger partial charge in [-0.2, -0.15) is 26.3 Å². The lowest BCUT2D eigenvalue weighted by atomic mass is 10.3. The van der Waals surface area contributed by atoms with Crippen molar-refractivity contribution in [3.8, 4) is 0 Å². The molecule has 0 aliphatic heterocycles. The van der Waals surface area contributed by atoms with Gasteiger partial charge in [-0.1, -0.05) is 0 Å². The van der Waals surface area contributed by atoms with Crippen molar-refractivity contribution in [1.82, 2.24) is 0 Å². The van der Waals surface area contributed by atoms with Gasteiger partial charge in [0.15, 0.2) is 6.86 Å². The third-order valence-electron chi connectivity index (χ3n) is 1.22. The second-order valence-corrected chi connectivity index (χ2v) is 2.07. The highest BCUT2D eigenvalue weighted by Crippen LogP contribution is 2.46. The Labute approximate surface area is 73.6 Å². The van der Waals surface area contributed by atoms with E-state index in [9.17, 15) is 30.7 Å². The molecule has 0 radical (unpaired) electrons. The zero-order chi connectivity index (χ0) is 11.6. The minimum atomic E-state index is -5.96. The molecule has 0 amide bonds. The molecule has 14 heavy (non-hydrogen) atoms. The highest BCUT2D eigenvalue weighted by Gasteiger charge is 2.74. The maximum atomic E-state index is 12.2. The highest BCUT2D eigenvalue weighted by molar-refractivity contribution is 4.85. The topological polar surface area (TPSA) is 18.5 Å². The Balaban J connectivity index is 4.92. The van der Waals surface area contributed by atoms with E-state index in [0.29, 0.717) is 0 Å². The maximum Gasteiger partial charge on any atom is 0.430 e. The fourth-order valence-corrected chi connectivity index (χ4v) is 0.457. The molecular weight excluding hydrogens is 225 g/mol. The zero-order valence-corrected chi connectivity index (χ0v) is 6.67. The molecule has 0 unspecified atom stereocenters. The van der Waals surface area contributed by atoms with Gasteiger partial charge in [0.1, 0.15) is 0 Å². The fourth-order valence-electron chi connectivity index (χ4n) is 0.457. The van der Waals surface area contributed by atoms with Gasteiger partial charge < -0.3 is 4.74 Å². The number of ether oxygens (including phenoxy) is 2. The summed E-state index contributed by atoms with van der Waals surface area (Å²) < 4.78 is 89.5. The van der Waals surface area contributed by atoms with Gasteiger partial charge in [-0.25, -0.2) is 4.39 Å². The molecule has 0 atom stereocenters. The van der Waals surface area contributed by atoms with E-state index in [-0.39, 0.29) is 7.11 Å². The molecule has 0 aliphatic rings. The van der Waals surface area contributed by atoms with E-state index in [1.54, 1.807) is 0 Å². The summed E-state index contributed by atoms with van der Waals surface area (Å²) in [5.41, 5.74) is 0. The van der Waals surface area contributed by atoms with Gasteiger partial charge in [0.2, 0.25) is 0 Å². The number of methoxy groups -OCH3 is 1. The normalized spacial score (nSPS) is 14.6. The Morgan fingerprint density at radius 1 is 0.929 bits per heavy atom. The lowest BCUT2D eigenvalue weighted by molar-refractivity contribution is -0.449. The summed E-state index contributed by atoms with van der Waals surface area (Å²) in [6.07, 6.45) is -11.1. The van der Waals surface area contributed by atoms with Crippen LogP contribution < -0.4 is 0 Å². The van der Waals surface area contributed by atoms with E-state index < -0.39 is 25.0 Å². The van der Waals surface area contributed by atoms with Crippen LogP contribution in [0.15, 0.2) is 0 Å². The van der Waals surface area contributed by atoms with Crippen molar-refractivity contribution in [3.63, 3.8) is 0 Å². The molecule has 86 valence electrons. The molecule has 0 heterocycles. The number of halogens is 7. The lowest BCUT2D eigenvalue weighted by Crippen LogP contribution is -2.56. The van der Waals surface area contributed by atoms with Crippen LogP contribution in [0.25, 0.3) is 0 Å². The molecule has 0 N–H and O–H groups in total. The predicted octanol–water partition coefficient (Wildman–Crippen LogP) is 2.40. The molecule has 0 aromatic heterocycles. The van der Waals surface area contributed by atoms with Crippen molar-refractivity contribution in [2.24, 2.45) is 0 Å². The quantitative estimate of drug-likeness (QED) is 0.675. The Morgan fingerprint density at radius 3 is 1.64 bits per heavy atom. The molecule has 0 aromatic carbocycles. The van der Waals surface area contributed by atoms with Gasteiger partial charge in [-0.3, -0.25) is 4.74 Å². The minimum absolute atomic E-state index is 0.0967. The third-order valence-corrected chi connectivity index (χ3v) is 1.22. The molecule has 0 spiro atoms. The Hall–Kier alpha value is -0.570. The van der Waals surface area contributed by atoms with Crippen LogP contribution in [0.4, 0.5) is 30.7 Å². The molecule has 0 aromatic rings. The van der Waals surface area contributed by atoms with Crippen molar-refractivity contribution in [2.75, 3.05) is 14.0 Å². The van der Waals surface area contributed by atoms with Crippen LogP contribution in [0.3, 0.4) is 0 Å². The molecular formula is C5H5F7O2. The predicted molar refractivity (Wildman–Crippen MR) is 28.9 cm³/mol. The summed E-state index contributed by atoms with van der Waals surface area (Å²) in [7, 11) is 0.0967. The van der Waals surface area contributed by atoms with E-state index in [1.807, 2.05) is 0 Å². The van der Waals surface area contributed by atoms with E-state index in [0.717, 1.165) is 0 Å². The van der Waals surface area contributed by atoms with Gasteiger partial charge >= 0.3 is 18.1 Å². The van der Waals surface area contributed by atoms with Gasteiger partial charge in [0.05, 0.1) is 0 Å². The molecule has 0 saturated carbocycles. The number of rotatable bonds is 5. The first-order valence-corrected chi connectivity index (χ1v) is 3.01. The SMILES string of the molecule is COC(F)(F)C(F)(F)C(F)(F)OCF. The van der Waals surface area contributed by atoms with Gasteiger partial charge in [-0.15, -0.1) is 0 Å². The minimum Gasteiger partial charge on any atom is -0.319 e. The first kappa shape index (κ1) is 13.4. The molecule has 2 nitrogen and oxygen atoms in total. The molecule has 0 fully saturated rings. The van der Waals surface area contributed by atoms with Gasteiger partial charge in [0, 0.05) is 7.11 Å². The Bertz CT molecular complexity index is 193. The van der Waals surface area contributed by atoms with Crippen molar-refractivity contribution in [2.45, 2.75) is 18.1 Å². The monoisotopic (exact) mass is 230 g/mol. The lowest BCUT2D eigenvalue weighted by Gasteiger charge is -2.29. The average molecular weight is 230 g/mol. The van der Waals surface area contributed by atoms with E-state index in [1.165, 1.54) is 0 Å². The standard InChI is InChI=1S/C5H5F7O2/c1-13-4(9,10)3(7,8)5(11,12)14-2-6/h2H2,1H3. The van der Waals surface area contributed by atoms with E-state index >= 15 is 0 Å². The maximum absolute atomic E-state index is 12.2. The fraction of sp³-hybridized carbons (Fsp3) is 1.00. The van der Waals surface area contributed by atoms with Crippen LogP contribution in [0.5, 0.6) is 0 Å². The molecule has 0 rings (SSSR count). The van der Waals surface area contributed by atoms with Crippen LogP contribution in [-0.4, -0.2) is 32.1 Å². The molecule has 9 heteroatoms. The van der Waals surface area contributed by atoms with Gasteiger partial charge in [-0.05, 0) is 0 Å². The van der Waals surface area contributed by atoms with Crippen molar-refractivity contribution >= 4 is 0 Å². The smallest absolute Gasteiger partial charge is 0.319 e. The Kier molecular flexibility index (Phi) is 3.73. The second kappa shape index (κ2) is 3.89. The van der Waals surface area contributed by atoms with Crippen LogP contribution in [0, 0.1) is 0 Å². The summed E-state index contributed by atoms with van der Waals surface area (Å²) in [6, 6.07) is 0.